The largest absolute Gasteiger partial charge is 0.392 e. The van der Waals surface area contributed by atoms with E-state index in [0.29, 0.717) is 12.8 Å². The fourth-order valence-corrected chi connectivity index (χ4v) is 2.82. The first kappa shape index (κ1) is 14.7. The van der Waals surface area contributed by atoms with Gasteiger partial charge in [-0.05, 0) is 54.3 Å². The Morgan fingerprint density at radius 2 is 1.84 bits per heavy atom. The second-order valence-corrected chi connectivity index (χ2v) is 6.20. The normalized spacial score (nSPS) is 12.4. The van der Waals surface area contributed by atoms with Gasteiger partial charge in [0.15, 0.2) is 0 Å². The Hall–Kier alpha value is -0.710. The molecule has 0 bridgehead atoms. The van der Waals surface area contributed by atoms with Crippen molar-refractivity contribution in [2.75, 3.05) is 0 Å². The molecule has 100 valence electrons. The highest BCUT2D eigenvalue weighted by Gasteiger charge is 2.10. The minimum atomic E-state index is -0.535. The first-order valence-electron chi connectivity index (χ1n) is 5.91. The molecule has 1 atom stereocenters. The van der Waals surface area contributed by atoms with E-state index in [1.165, 1.54) is 12.1 Å². The minimum Gasteiger partial charge on any atom is -0.392 e. The van der Waals surface area contributed by atoms with Crippen LogP contribution >= 0.6 is 31.9 Å². The van der Waals surface area contributed by atoms with Crippen LogP contribution < -0.4 is 0 Å². The minimum absolute atomic E-state index is 0.284. The molecule has 2 rings (SSSR count). The van der Waals surface area contributed by atoms with Gasteiger partial charge in [0, 0.05) is 8.95 Å². The summed E-state index contributed by atoms with van der Waals surface area (Å²) in [6.07, 6.45) is 0.431. The zero-order valence-electron chi connectivity index (χ0n) is 10.1. The number of hydrogen-bond donors (Lipinski definition) is 1. The quantitative estimate of drug-likeness (QED) is 0.818. The molecule has 0 radical (unpaired) electrons. The lowest BCUT2D eigenvalue weighted by Gasteiger charge is -2.12. The van der Waals surface area contributed by atoms with Gasteiger partial charge in [-0.1, -0.05) is 44.0 Å². The molecule has 2 aromatic carbocycles. The van der Waals surface area contributed by atoms with Crippen molar-refractivity contribution in [3.8, 4) is 0 Å². The summed E-state index contributed by atoms with van der Waals surface area (Å²) in [5.74, 6) is -0.284. The molecular formula is C15H13Br2FO. The van der Waals surface area contributed by atoms with Crippen LogP contribution in [0.5, 0.6) is 0 Å². The van der Waals surface area contributed by atoms with Crippen LogP contribution in [0.25, 0.3) is 0 Å². The molecule has 0 aromatic heterocycles. The van der Waals surface area contributed by atoms with Crippen molar-refractivity contribution in [2.24, 2.45) is 0 Å². The smallest absolute Gasteiger partial charge is 0.123 e. The molecule has 19 heavy (non-hydrogen) atoms. The highest BCUT2D eigenvalue weighted by molar-refractivity contribution is 9.10. The summed E-state index contributed by atoms with van der Waals surface area (Å²) >= 11 is 6.77. The number of aliphatic hydroxyl groups excluding tert-OH is 1. The summed E-state index contributed by atoms with van der Waals surface area (Å²) in [7, 11) is 0. The van der Waals surface area contributed by atoms with Gasteiger partial charge in [0.2, 0.25) is 0 Å². The van der Waals surface area contributed by atoms with E-state index in [-0.39, 0.29) is 5.82 Å². The molecule has 0 amide bonds. The van der Waals surface area contributed by atoms with E-state index in [9.17, 15) is 9.50 Å². The summed E-state index contributed by atoms with van der Waals surface area (Å²) < 4.78 is 15.0. The molecule has 0 spiro atoms. The molecule has 0 aliphatic heterocycles. The van der Waals surface area contributed by atoms with E-state index in [4.69, 9.17) is 0 Å². The Kier molecular flexibility index (Phi) is 5.13. The van der Waals surface area contributed by atoms with Gasteiger partial charge in [-0.3, -0.25) is 0 Å². The summed E-state index contributed by atoms with van der Waals surface area (Å²) in [4.78, 5) is 0. The highest BCUT2D eigenvalue weighted by atomic mass is 79.9. The Balaban J connectivity index is 2.05. The summed E-state index contributed by atoms with van der Waals surface area (Å²) in [5.41, 5.74) is 1.83. The second-order valence-electron chi connectivity index (χ2n) is 4.43. The van der Waals surface area contributed by atoms with Gasteiger partial charge in [0.25, 0.3) is 0 Å². The van der Waals surface area contributed by atoms with Crippen LogP contribution in [0.1, 0.15) is 11.1 Å². The summed E-state index contributed by atoms with van der Waals surface area (Å²) in [6.45, 7) is 0. The number of halogens is 3. The Bertz CT molecular complexity index is 572. The van der Waals surface area contributed by atoms with Crippen molar-refractivity contribution in [2.45, 2.75) is 18.9 Å². The van der Waals surface area contributed by atoms with Crippen LogP contribution in [0, 0.1) is 5.82 Å². The van der Waals surface area contributed by atoms with Gasteiger partial charge in [-0.2, -0.15) is 0 Å². The van der Waals surface area contributed by atoms with Crippen LogP contribution in [0.3, 0.4) is 0 Å². The van der Waals surface area contributed by atoms with Crippen molar-refractivity contribution >= 4 is 31.9 Å². The maximum atomic E-state index is 13.2. The van der Waals surface area contributed by atoms with Crippen molar-refractivity contribution in [1.29, 1.82) is 0 Å². The van der Waals surface area contributed by atoms with Gasteiger partial charge >= 0.3 is 0 Å². The zero-order chi connectivity index (χ0) is 13.8. The molecule has 0 aliphatic carbocycles. The molecule has 0 heterocycles. The van der Waals surface area contributed by atoms with Crippen LogP contribution in [-0.4, -0.2) is 11.2 Å². The summed E-state index contributed by atoms with van der Waals surface area (Å²) in [6, 6.07) is 12.3. The fourth-order valence-electron chi connectivity index (χ4n) is 1.96. The van der Waals surface area contributed by atoms with Crippen LogP contribution in [0.2, 0.25) is 0 Å². The number of aliphatic hydroxyl groups is 1. The van der Waals surface area contributed by atoms with Gasteiger partial charge in [-0.15, -0.1) is 0 Å². The summed E-state index contributed by atoms with van der Waals surface area (Å²) in [5, 5.41) is 10.1. The van der Waals surface area contributed by atoms with E-state index >= 15 is 0 Å². The lowest BCUT2D eigenvalue weighted by molar-refractivity contribution is 0.175. The first-order chi connectivity index (χ1) is 9.04. The number of rotatable bonds is 4. The number of hydrogen-bond acceptors (Lipinski definition) is 1. The van der Waals surface area contributed by atoms with Gasteiger partial charge in [0.05, 0.1) is 6.10 Å². The van der Waals surface area contributed by atoms with Crippen molar-refractivity contribution < 1.29 is 9.50 Å². The van der Waals surface area contributed by atoms with Crippen molar-refractivity contribution in [3.05, 3.63) is 68.4 Å². The third-order valence-electron chi connectivity index (χ3n) is 2.82. The SMILES string of the molecule is OC(Cc1cccc(Br)c1)Cc1cc(F)ccc1Br. The van der Waals surface area contributed by atoms with E-state index < -0.39 is 6.10 Å². The Morgan fingerprint density at radius 1 is 1.05 bits per heavy atom. The molecule has 1 unspecified atom stereocenters. The van der Waals surface area contributed by atoms with Gasteiger partial charge in [0.1, 0.15) is 5.82 Å². The molecule has 2 aromatic rings. The van der Waals surface area contributed by atoms with Crippen LogP contribution in [0.4, 0.5) is 4.39 Å². The van der Waals surface area contributed by atoms with Crippen molar-refractivity contribution in [1.82, 2.24) is 0 Å². The zero-order valence-corrected chi connectivity index (χ0v) is 13.3. The monoisotopic (exact) mass is 386 g/mol. The predicted molar refractivity (Wildman–Crippen MR) is 81.7 cm³/mol. The fraction of sp³-hybridized carbons (Fsp3) is 0.200. The second kappa shape index (κ2) is 6.64. The molecule has 1 nitrogen and oxygen atoms in total. The van der Waals surface area contributed by atoms with Crippen LogP contribution in [-0.2, 0) is 12.8 Å². The molecule has 4 heteroatoms. The maximum absolute atomic E-state index is 13.2. The molecule has 0 fully saturated rings. The topological polar surface area (TPSA) is 20.2 Å². The lowest BCUT2D eigenvalue weighted by Crippen LogP contribution is -2.14. The molecule has 1 N–H and O–H groups in total. The molecule has 0 saturated carbocycles. The average molecular weight is 388 g/mol. The molecule has 0 saturated heterocycles. The van der Waals surface area contributed by atoms with E-state index in [0.717, 1.165) is 20.1 Å². The standard InChI is InChI=1S/C15H13Br2FO/c16-12-3-1-2-10(6-12)7-14(19)9-11-8-13(18)4-5-15(11)17/h1-6,8,14,19H,7,9H2. The van der Waals surface area contributed by atoms with Crippen LogP contribution in [0.15, 0.2) is 51.4 Å². The molecular weight excluding hydrogens is 375 g/mol. The third kappa shape index (κ3) is 4.41. The third-order valence-corrected chi connectivity index (χ3v) is 4.09. The van der Waals surface area contributed by atoms with E-state index in [2.05, 4.69) is 31.9 Å². The Labute approximate surface area is 128 Å². The maximum Gasteiger partial charge on any atom is 0.123 e. The number of benzene rings is 2. The van der Waals surface area contributed by atoms with E-state index in [1.807, 2.05) is 24.3 Å². The Morgan fingerprint density at radius 3 is 2.58 bits per heavy atom. The average Bonchev–Trinajstić information content (AvgIpc) is 2.34. The van der Waals surface area contributed by atoms with Gasteiger partial charge < -0.3 is 5.11 Å². The molecule has 0 aliphatic rings. The van der Waals surface area contributed by atoms with E-state index in [1.54, 1.807) is 6.07 Å². The van der Waals surface area contributed by atoms with Crippen molar-refractivity contribution in [3.63, 3.8) is 0 Å². The first-order valence-corrected chi connectivity index (χ1v) is 7.49. The van der Waals surface area contributed by atoms with Gasteiger partial charge in [-0.25, -0.2) is 4.39 Å². The lowest BCUT2D eigenvalue weighted by atomic mass is 10.0. The highest BCUT2D eigenvalue weighted by Crippen LogP contribution is 2.21. The predicted octanol–water partition coefficient (Wildman–Crippen LogP) is 4.50.